The molecule has 0 N–H and O–H groups in total. The molecule has 0 saturated carbocycles. The van der Waals surface area contributed by atoms with E-state index in [-0.39, 0.29) is 5.91 Å². The molecule has 1 amide bonds. The van der Waals surface area contributed by atoms with E-state index in [9.17, 15) is 4.79 Å². The van der Waals surface area contributed by atoms with Crippen molar-refractivity contribution in [1.82, 2.24) is 4.90 Å². The Morgan fingerprint density at radius 2 is 1.90 bits per heavy atom. The molecule has 20 heavy (non-hydrogen) atoms. The van der Waals surface area contributed by atoms with Crippen LogP contribution in [0.5, 0.6) is 0 Å². The van der Waals surface area contributed by atoms with Gasteiger partial charge in [-0.1, -0.05) is 37.3 Å². The van der Waals surface area contributed by atoms with Gasteiger partial charge in [-0.2, -0.15) is 0 Å². The molecule has 0 saturated heterocycles. The molecule has 0 aliphatic heterocycles. The molecule has 2 aromatic rings. The van der Waals surface area contributed by atoms with Crippen LogP contribution in [0.2, 0.25) is 0 Å². The predicted octanol–water partition coefficient (Wildman–Crippen LogP) is 4.04. The molecular weight excluding hydrogens is 266 g/mol. The largest absolute Gasteiger partial charge is 0.337 e. The van der Waals surface area contributed by atoms with E-state index in [4.69, 9.17) is 0 Å². The minimum Gasteiger partial charge on any atom is -0.337 e. The number of hydrogen-bond donors (Lipinski definition) is 0. The second kappa shape index (κ2) is 7.25. The predicted molar refractivity (Wildman–Crippen MR) is 84.9 cm³/mol. The third-order valence-corrected chi connectivity index (χ3v) is 4.30. The molecule has 0 atom stereocenters. The Kier molecular flexibility index (Phi) is 5.36. The Balaban J connectivity index is 1.98. The molecule has 0 unspecified atom stereocenters. The normalized spacial score (nSPS) is 10.5. The molecule has 1 aromatic heterocycles. The zero-order chi connectivity index (χ0) is 14.4. The number of thiophene rings is 1. The molecule has 0 aliphatic rings. The van der Waals surface area contributed by atoms with Crippen molar-refractivity contribution in [3.63, 3.8) is 0 Å². The molecule has 2 rings (SSSR count). The van der Waals surface area contributed by atoms with Crippen molar-refractivity contribution in [2.24, 2.45) is 0 Å². The lowest BCUT2D eigenvalue weighted by atomic mass is 10.1. The highest BCUT2D eigenvalue weighted by molar-refractivity contribution is 7.11. The topological polar surface area (TPSA) is 20.3 Å². The highest BCUT2D eigenvalue weighted by Crippen LogP contribution is 2.18. The summed E-state index contributed by atoms with van der Waals surface area (Å²) in [5.74, 6) is 0.229. The Morgan fingerprint density at radius 3 is 2.50 bits per heavy atom. The number of carbonyl (C=O) groups is 1. The lowest BCUT2D eigenvalue weighted by molar-refractivity contribution is -0.131. The Morgan fingerprint density at radius 1 is 1.15 bits per heavy atom. The lowest BCUT2D eigenvalue weighted by Crippen LogP contribution is -2.31. The van der Waals surface area contributed by atoms with Crippen molar-refractivity contribution < 1.29 is 4.79 Å². The van der Waals surface area contributed by atoms with E-state index in [0.29, 0.717) is 6.42 Å². The lowest BCUT2D eigenvalue weighted by Gasteiger charge is -2.21. The number of rotatable bonds is 6. The van der Waals surface area contributed by atoms with E-state index in [2.05, 4.69) is 31.2 Å². The van der Waals surface area contributed by atoms with Crippen molar-refractivity contribution in [1.29, 1.82) is 0 Å². The quantitative estimate of drug-likeness (QED) is 0.785. The van der Waals surface area contributed by atoms with Crippen molar-refractivity contribution in [2.45, 2.75) is 33.2 Å². The van der Waals surface area contributed by atoms with Crippen LogP contribution in [0.15, 0.2) is 42.5 Å². The van der Waals surface area contributed by atoms with Crippen LogP contribution in [0, 0.1) is 6.92 Å². The van der Waals surface area contributed by atoms with E-state index in [1.165, 1.54) is 15.3 Å². The molecule has 2 nitrogen and oxygen atoms in total. The maximum Gasteiger partial charge on any atom is 0.222 e. The Bertz CT molecular complexity index is 547. The molecule has 1 aromatic carbocycles. The average molecular weight is 287 g/mol. The molecule has 0 bridgehead atoms. The first-order valence-electron chi connectivity index (χ1n) is 7.06. The van der Waals surface area contributed by atoms with Crippen molar-refractivity contribution >= 4 is 17.2 Å². The fraction of sp³-hybridized carbons (Fsp3) is 0.353. The highest BCUT2D eigenvalue weighted by Gasteiger charge is 2.13. The van der Waals surface area contributed by atoms with Gasteiger partial charge in [0, 0.05) is 22.7 Å². The second-order valence-electron chi connectivity index (χ2n) is 4.92. The van der Waals surface area contributed by atoms with Gasteiger partial charge in [-0.15, -0.1) is 11.3 Å². The van der Waals surface area contributed by atoms with Gasteiger partial charge in [0.25, 0.3) is 0 Å². The third kappa shape index (κ3) is 4.20. The maximum atomic E-state index is 12.1. The van der Waals surface area contributed by atoms with Crippen molar-refractivity contribution in [3.05, 3.63) is 57.8 Å². The first-order chi connectivity index (χ1) is 9.69. The summed E-state index contributed by atoms with van der Waals surface area (Å²) in [6.45, 7) is 5.55. The van der Waals surface area contributed by atoms with E-state index in [0.717, 1.165) is 19.5 Å². The number of nitrogens with zero attached hydrogens (tertiary/aromatic N) is 1. The fourth-order valence-electron chi connectivity index (χ4n) is 2.18. The third-order valence-electron chi connectivity index (χ3n) is 3.31. The first kappa shape index (κ1) is 14.8. The minimum atomic E-state index is 0.229. The summed E-state index contributed by atoms with van der Waals surface area (Å²) in [4.78, 5) is 16.6. The van der Waals surface area contributed by atoms with E-state index >= 15 is 0 Å². The van der Waals surface area contributed by atoms with E-state index in [1.54, 1.807) is 11.3 Å². The monoisotopic (exact) mass is 287 g/mol. The highest BCUT2D eigenvalue weighted by atomic mass is 32.1. The summed E-state index contributed by atoms with van der Waals surface area (Å²) in [6, 6.07) is 14.6. The second-order valence-corrected chi connectivity index (χ2v) is 6.29. The molecule has 3 heteroatoms. The zero-order valence-corrected chi connectivity index (χ0v) is 13.0. The summed E-state index contributed by atoms with van der Waals surface area (Å²) >= 11 is 1.77. The average Bonchev–Trinajstić information content (AvgIpc) is 2.89. The van der Waals surface area contributed by atoms with Crippen LogP contribution in [0.25, 0.3) is 0 Å². The number of amides is 1. The minimum absolute atomic E-state index is 0.229. The van der Waals surface area contributed by atoms with Gasteiger partial charge in [0.2, 0.25) is 5.91 Å². The Hall–Kier alpha value is -1.61. The van der Waals surface area contributed by atoms with Crippen LogP contribution in [0.4, 0.5) is 0 Å². The molecule has 0 aliphatic carbocycles. The van der Waals surface area contributed by atoms with Gasteiger partial charge >= 0.3 is 0 Å². The fourth-order valence-corrected chi connectivity index (χ4v) is 3.09. The van der Waals surface area contributed by atoms with Gasteiger partial charge in [-0.3, -0.25) is 4.79 Å². The molecular formula is C17H21NOS. The summed E-state index contributed by atoms with van der Waals surface area (Å²) in [5, 5.41) is 0. The van der Waals surface area contributed by atoms with Crippen LogP contribution in [-0.2, 0) is 17.8 Å². The standard InChI is InChI=1S/C17H21NOS/c1-3-17(19)18(13-16-10-9-14(2)20-16)12-11-15-7-5-4-6-8-15/h4-10H,3,11-13H2,1-2H3. The number of hydrogen-bond acceptors (Lipinski definition) is 2. The summed E-state index contributed by atoms with van der Waals surface area (Å²) in [5.41, 5.74) is 1.28. The van der Waals surface area contributed by atoms with Crippen LogP contribution >= 0.6 is 11.3 Å². The molecule has 0 fully saturated rings. The molecule has 0 spiro atoms. The molecule has 106 valence electrons. The smallest absolute Gasteiger partial charge is 0.222 e. The summed E-state index contributed by atoms with van der Waals surface area (Å²) < 4.78 is 0. The van der Waals surface area contributed by atoms with Gasteiger partial charge in [0.1, 0.15) is 0 Å². The Labute approximate surface area is 125 Å². The summed E-state index contributed by atoms with van der Waals surface area (Å²) in [6.07, 6.45) is 1.48. The van der Waals surface area contributed by atoms with Gasteiger partial charge < -0.3 is 4.90 Å². The molecule has 1 heterocycles. The van der Waals surface area contributed by atoms with Crippen molar-refractivity contribution in [2.75, 3.05) is 6.54 Å². The van der Waals surface area contributed by atoms with Crippen LogP contribution in [0.3, 0.4) is 0 Å². The first-order valence-corrected chi connectivity index (χ1v) is 7.87. The van der Waals surface area contributed by atoms with E-state index < -0.39 is 0 Å². The van der Waals surface area contributed by atoms with Gasteiger partial charge in [0.05, 0.1) is 6.54 Å². The number of carbonyl (C=O) groups excluding carboxylic acids is 1. The number of aryl methyl sites for hydroxylation is 1. The maximum absolute atomic E-state index is 12.1. The van der Waals surface area contributed by atoms with Crippen LogP contribution < -0.4 is 0 Å². The van der Waals surface area contributed by atoms with Gasteiger partial charge in [0.15, 0.2) is 0 Å². The van der Waals surface area contributed by atoms with Crippen LogP contribution in [0.1, 0.15) is 28.7 Å². The van der Waals surface area contributed by atoms with Crippen molar-refractivity contribution in [3.8, 4) is 0 Å². The zero-order valence-electron chi connectivity index (χ0n) is 12.1. The van der Waals surface area contributed by atoms with Gasteiger partial charge in [-0.05, 0) is 31.0 Å². The number of benzene rings is 1. The summed E-state index contributed by atoms with van der Waals surface area (Å²) in [7, 11) is 0. The van der Waals surface area contributed by atoms with Crippen LogP contribution in [-0.4, -0.2) is 17.4 Å². The SMILES string of the molecule is CCC(=O)N(CCc1ccccc1)Cc1ccc(C)s1. The molecule has 0 radical (unpaired) electrons. The van der Waals surface area contributed by atoms with E-state index in [1.807, 2.05) is 30.0 Å². The van der Waals surface area contributed by atoms with Gasteiger partial charge in [-0.25, -0.2) is 0 Å².